The smallest absolute Gasteiger partial charge is 0.293 e. The molecule has 0 atom stereocenters. The van der Waals surface area contributed by atoms with Gasteiger partial charge in [-0.25, -0.2) is 0 Å². The molecule has 1 N–H and O–H groups in total. The molecule has 0 aliphatic carbocycles. The second-order valence-electron chi connectivity index (χ2n) is 8.29. The molecule has 4 rings (SSSR count). The molecule has 0 spiro atoms. The molecule has 1 aliphatic heterocycles. The molecule has 1 saturated heterocycles. The summed E-state index contributed by atoms with van der Waals surface area (Å²) in [5.74, 6) is 0.836. The molecule has 8 nitrogen and oxygen atoms in total. The number of nitrogens with zero attached hydrogens (tertiary/aromatic N) is 1. The number of nitrogens with one attached hydrogen (secondary N) is 1. The van der Waals surface area contributed by atoms with Gasteiger partial charge in [0.1, 0.15) is 12.4 Å². The predicted molar refractivity (Wildman–Crippen MR) is 148 cm³/mol. The van der Waals surface area contributed by atoms with Gasteiger partial charge in [0.25, 0.3) is 17.1 Å². The molecule has 0 saturated carbocycles. The van der Waals surface area contributed by atoms with Crippen LogP contribution in [0, 0.1) is 6.92 Å². The predicted octanol–water partition coefficient (Wildman–Crippen LogP) is 5.53. The van der Waals surface area contributed by atoms with Gasteiger partial charge in [-0.05, 0) is 73.1 Å². The summed E-state index contributed by atoms with van der Waals surface area (Å²) < 4.78 is 17.0. The second-order valence-corrected chi connectivity index (χ2v) is 9.28. The number of thioether (sulfide) groups is 1. The van der Waals surface area contributed by atoms with Gasteiger partial charge in [-0.3, -0.25) is 19.3 Å². The van der Waals surface area contributed by atoms with E-state index in [9.17, 15) is 14.4 Å². The molecule has 196 valence electrons. The van der Waals surface area contributed by atoms with Crippen molar-refractivity contribution >= 4 is 40.6 Å². The number of hydrogen-bond acceptors (Lipinski definition) is 7. The molecule has 9 heteroatoms. The van der Waals surface area contributed by atoms with Crippen LogP contribution in [0.4, 0.5) is 10.5 Å². The Kier molecular flexibility index (Phi) is 9.05. The van der Waals surface area contributed by atoms with Crippen molar-refractivity contribution in [2.24, 2.45) is 0 Å². The summed E-state index contributed by atoms with van der Waals surface area (Å²) in [6.45, 7) is 4.29. The van der Waals surface area contributed by atoms with E-state index in [1.54, 1.807) is 24.3 Å². The summed E-state index contributed by atoms with van der Waals surface area (Å²) in [4.78, 5) is 39.2. The molecule has 3 amide bonds. The van der Waals surface area contributed by atoms with Crippen molar-refractivity contribution in [3.05, 3.63) is 88.8 Å². The Labute approximate surface area is 225 Å². The fourth-order valence-electron chi connectivity index (χ4n) is 3.66. The quantitative estimate of drug-likeness (QED) is 0.325. The van der Waals surface area contributed by atoms with Gasteiger partial charge in [0.2, 0.25) is 0 Å². The van der Waals surface area contributed by atoms with Gasteiger partial charge in [0.05, 0.1) is 18.1 Å². The maximum Gasteiger partial charge on any atom is 0.293 e. The molecule has 1 aliphatic rings. The van der Waals surface area contributed by atoms with Crippen molar-refractivity contribution in [1.82, 2.24) is 4.90 Å². The molecule has 3 aromatic carbocycles. The van der Waals surface area contributed by atoms with Gasteiger partial charge in [-0.1, -0.05) is 42.5 Å². The maximum atomic E-state index is 12.9. The molecule has 1 fully saturated rings. The zero-order valence-corrected chi connectivity index (χ0v) is 22.0. The Morgan fingerprint density at radius 3 is 2.47 bits per heavy atom. The molecular weight excluding hydrogens is 504 g/mol. The van der Waals surface area contributed by atoms with Crippen molar-refractivity contribution in [2.45, 2.75) is 13.8 Å². The minimum atomic E-state index is -0.372. The van der Waals surface area contributed by atoms with E-state index in [0.29, 0.717) is 34.3 Å². The number of anilines is 1. The number of hydrogen-bond donors (Lipinski definition) is 1. The lowest BCUT2D eigenvalue weighted by molar-refractivity contribution is -0.123. The third-order valence-corrected chi connectivity index (χ3v) is 6.45. The Morgan fingerprint density at radius 2 is 1.71 bits per heavy atom. The summed E-state index contributed by atoms with van der Waals surface area (Å²) in [6, 6.07) is 21.8. The summed E-state index contributed by atoms with van der Waals surface area (Å²) in [5, 5.41) is 2.48. The van der Waals surface area contributed by atoms with Crippen molar-refractivity contribution in [1.29, 1.82) is 0 Å². The average molecular weight is 533 g/mol. The van der Waals surface area contributed by atoms with E-state index in [1.807, 2.05) is 68.4 Å². The van der Waals surface area contributed by atoms with Crippen LogP contribution in [0.5, 0.6) is 17.2 Å². The molecule has 0 unspecified atom stereocenters. The number of rotatable bonds is 11. The van der Waals surface area contributed by atoms with Crippen LogP contribution in [0.3, 0.4) is 0 Å². The highest BCUT2D eigenvalue weighted by atomic mass is 32.2. The van der Waals surface area contributed by atoms with Gasteiger partial charge in [0.15, 0.2) is 18.1 Å². The van der Waals surface area contributed by atoms with E-state index in [0.717, 1.165) is 23.0 Å². The first-order valence-corrected chi connectivity index (χ1v) is 12.9. The van der Waals surface area contributed by atoms with Gasteiger partial charge >= 0.3 is 0 Å². The third-order valence-electron chi connectivity index (χ3n) is 5.54. The zero-order valence-electron chi connectivity index (χ0n) is 21.1. The largest absolute Gasteiger partial charge is 0.492 e. The van der Waals surface area contributed by atoms with Gasteiger partial charge in [-0.15, -0.1) is 0 Å². The number of para-hydroxylation sites is 2. The van der Waals surface area contributed by atoms with E-state index in [-0.39, 0.29) is 36.8 Å². The SMILES string of the molecule is CCOc1cc(/C=C2\SC(=O)N(CCOc3ccccc3)C2=O)ccc1OCC(=O)Nc1ccccc1C. The van der Waals surface area contributed by atoms with Crippen LogP contribution in [0.1, 0.15) is 18.1 Å². The van der Waals surface area contributed by atoms with Crippen molar-refractivity contribution in [3.63, 3.8) is 0 Å². The molecular formula is C29H28N2O6S. The van der Waals surface area contributed by atoms with Crippen LogP contribution in [0.15, 0.2) is 77.7 Å². The number of carbonyl (C=O) groups is 3. The van der Waals surface area contributed by atoms with E-state index in [2.05, 4.69) is 5.32 Å². The lowest BCUT2D eigenvalue weighted by atomic mass is 10.2. The fourth-order valence-corrected chi connectivity index (χ4v) is 4.53. The fraction of sp³-hybridized carbons (Fsp3) is 0.207. The van der Waals surface area contributed by atoms with Crippen molar-refractivity contribution in [2.75, 3.05) is 31.7 Å². The number of imide groups is 1. The van der Waals surface area contributed by atoms with E-state index < -0.39 is 0 Å². The summed E-state index contributed by atoms with van der Waals surface area (Å²) in [5.41, 5.74) is 2.34. The molecule has 0 bridgehead atoms. The van der Waals surface area contributed by atoms with Gasteiger partial charge in [0, 0.05) is 5.69 Å². The van der Waals surface area contributed by atoms with E-state index in [4.69, 9.17) is 14.2 Å². The number of ether oxygens (including phenoxy) is 3. The number of aryl methyl sites for hydroxylation is 1. The topological polar surface area (TPSA) is 94.2 Å². The molecule has 38 heavy (non-hydrogen) atoms. The first kappa shape index (κ1) is 26.8. The Bertz CT molecular complexity index is 1340. The molecule has 0 radical (unpaired) electrons. The van der Waals surface area contributed by atoms with E-state index >= 15 is 0 Å². The molecule has 0 aromatic heterocycles. The first-order chi connectivity index (χ1) is 18.4. The van der Waals surface area contributed by atoms with E-state index in [1.165, 1.54) is 4.90 Å². The van der Waals surface area contributed by atoms with Crippen LogP contribution in [-0.4, -0.2) is 48.3 Å². The number of benzene rings is 3. The summed E-state index contributed by atoms with van der Waals surface area (Å²) in [7, 11) is 0. The Morgan fingerprint density at radius 1 is 0.947 bits per heavy atom. The average Bonchev–Trinajstić information content (AvgIpc) is 3.17. The highest BCUT2D eigenvalue weighted by molar-refractivity contribution is 8.18. The molecule has 3 aromatic rings. The van der Waals surface area contributed by atoms with Crippen molar-refractivity contribution < 1.29 is 28.6 Å². The number of amides is 3. The third kappa shape index (κ3) is 6.95. The van der Waals surface area contributed by atoms with Crippen LogP contribution in [0.25, 0.3) is 6.08 Å². The van der Waals surface area contributed by atoms with Crippen LogP contribution in [0.2, 0.25) is 0 Å². The van der Waals surface area contributed by atoms with Gasteiger partial charge < -0.3 is 19.5 Å². The molecule has 1 heterocycles. The Hall–Kier alpha value is -4.24. The standard InChI is InChI=1S/C29H28N2O6S/c1-3-35-25-17-21(13-14-24(25)37-19-27(32)30-23-12-8-7-9-20(23)2)18-26-28(33)31(29(34)38-26)15-16-36-22-10-5-4-6-11-22/h4-14,17-18H,3,15-16,19H2,1-2H3,(H,30,32)/b26-18-. The number of carbonyl (C=O) groups excluding carboxylic acids is 3. The minimum Gasteiger partial charge on any atom is -0.492 e. The van der Waals surface area contributed by atoms with Crippen LogP contribution < -0.4 is 19.5 Å². The maximum absolute atomic E-state index is 12.9. The van der Waals surface area contributed by atoms with Crippen molar-refractivity contribution in [3.8, 4) is 17.2 Å². The first-order valence-electron chi connectivity index (χ1n) is 12.1. The second kappa shape index (κ2) is 12.8. The minimum absolute atomic E-state index is 0.151. The van der Waals surface area contributed by atoms with Gasteiger partial charge in [-0.2, -0.15) is 0 Å². The zero-order chi connectivity index (χ0) is 26.9. The highest BCUT2D eigenvalue weighted by Gasteiger charge is 2.34. The van der Waals surface area contributed by atoms with Crippen LogP contribution in [-0.2, 0) is 9.59 Å². The van der Waals surface area contributed by atoms with Crippen LogP contribution >= 0.6 is 11.8 Å². The lowest BCUT2D eigenvalue weighted by Gasteiger charge is -2.14. The lowest BCUT2D eigenvalue weighted by Crippen LogP contribution is -2.32. The highest BCUT2D eigenvalue weighted by Crippen LogP contribution is 2.34. The normalized spacial score (nSPS) is 14.1. The summed E-state index contributed by atoms with van der Waals surface area (Å²) >= 11 is 0.880. The monoisotopic (exact) mass is 532 g/mol. The summed E-state index contributed by atoms with van der Waals surface area (Å²) in [6.07, 6.45) is 1.64. The Balaban J connectivity index is 1.38.